The summed E-state index contributed by atoms with van der Waals surface area (Å²) in [6.07, 6.45) is -3.40. The number of ketones is 1. The van der Waals surface area contributed by atoms with E-state index in [9.17, 15) is 34.5 Å². The van der Waals surface area contributed by atoms with Gasteiger partial charge < -0.3 is 34.3 Å². The first-order valence-electron chi connectivity index (χ1n) is 13.3. The van der Waals surface area contributed by atoms with Gasteiger partial charge in [0.05, 0.1) is 25.7 Å². The van der Waals surface area contributed by atoms with Crippen molar-refractivity contribution in [2.24, 2.45) is 28.6 Å². The fourth-order valence-corrected chi connectivity index (χ4v) is 8.58. The zero-order chi connectivity index (χ0) is 27.8. The first-order valence-corrected chi connectivity index (χ1v) is 13.3. The van der Waals surface area contributed by atoms with Crippen molar-refractivity contribution < 1.29 is 53.4 Å². The Kier molecular flexibility index (Phi) is 6.53. The predicted octanol–water partition coefficient (Wildman–Crippen LogP) is 0.565. The summed E-state index contributed by atoms with van der Waals surface area (Å²) >= 11 is 0. The number of methoxy groups -OCH3 is 1. The number of fused-ring (bicyclic) bond motifs is 2. The van der Waals surface area contributed by atoms with Gasteiger partial charge in [0, 0.05) is 24.2 Å². The zero-order valence-corrected chi connectivity index (χ0v) is 22.1. The summed E-state index contributed by atoms with van der Waals surface area (Å²) in [6.45, 7) is 5.33. The maximum absolute atomic E-state index is 13.5. The molecule has 1 spiro atoms. The van der Waals surface area contributed by atoms with Crippen LogP contribution in [0.15, 0.2) is 11.3 Å². The molecule has 0 amide bonds. The molecule has 0 aromatic heterocycles. The van der Waals surface area contributed by atoms with Gasteiger partial charge in [-0.2, -0.15) is 0 Å². The Morgan fingerprint density at radius 1 is 1.13 bits per heavy atom. The standard InChI is InChI=1S/C27H36O11/c1-5-6-7-8-16(29)38-19-12(2)13-9-15-26-11-36-27(24(34)35-4,21(26)18(31)23(33)37-15)22(32)17(30)20(26)25(13,3)10-14(19)28/h13,15,17-18,20-22,30-32H,5-11H2,1-4H3/t13-,15+,17+,18+,20+,21+,22-,25-,26+,27-/m0/s1. The van der Waals surface area contributed by atoms with Crippen molar-refractivity contribution in [2.75, 3.05) is 13.7 Å². The monoisotopic (exact) mass is 536 g/mol. The van der Waals surface area contributed by atoms with Crippen molar-refractivity contribution in [2.45, 2.75) is 89.3 Å². The molecular weight excluding hydrogens is 500 g/mol. The number of aliphatic hydroxyl groups is 3. The van der Waals surface area contributed by atoms with Crippen LogP contribution in [-0.4, -0.2) is 82.7 Å². The maximum Gasteiger partial charge on any atom is 0.341 e. The van der Waals surface area contributed by atoms with Crippen molar-refractivity contribution in [3.8, 4) is 0 Å². The van der Waals surface area contributed by atoms with Crippen LogP contribution in [0.25, 0.3) is 0 Å². The number of hydrogen-bond donors (Lipinski definition) is 3. The molecule has 2 saturated heterocycles. The molecule has 5 rings (SSSR count). The van der Waals surface area contributed by atoms with E-state index in [0.717, 1.165) is 20.0 Å². The van der Waals surface area contributed by atoms with Gasteiger partial charge in [0.25, 0.3) is 0 Å². The molecule has 2 saturated carbocycles. The number of rotatable bonds is 6. The van der Waals surface area contributed by atoms with E-state index in [4.69, 9.17) is 18.9 Å². The van der Waals surface area contributed by atoms with Crippen molar-refractivity contribution in [3.05, 3.63) is 11.3 Å². The Balaban J connectivity index is 1.60. The van der Waals surface area contributed by atoms with E-state index in [1.54, 1.807) is 6.92 Å². The number of unbranched alkanes of at least 4 members (excludes halogenated alkanes) is 2. The molecule has 10 atom stereocenters. The van der Waals surface area contributed by atoms with Gasteiger partial charge in [0.15, 0.2) is 23.2 Å². The van der Waals surface area contributed by atoms with E-state index in [2.05, 4.69) is 0 Å². The molecule has 3 aliphatic carbocycles. The van der Waals surface area contributed by atoms with Gasteiger partial charge in [-0.3, -0.25) is 9.59 Å². The van der Waals surface area contributed by atoms with E-state index in [0.29, 0.717) is 12.0 Å². The molecule has 38 heavy (non-hydrogen) atoms. The molecule has 11 heteroatoms. The number of ether oxygens (including phenoxy) is 4. The molecule has 11 nitrogen and oxygen atoms in total. The second-order valence-corrected chi connectivity index (χ2v) is 11.8. The molecule has 0 aromatic carbocycles. The zero-order valence-electron chi connectivity index (χ0n) is 22.1. The van der Waals surface area contributed by atoms with Crippen LogP contribution in [0.2, 0.25) is 0 Å². The SMILES string of the molecule is CCCCCC(=O)OC1=C(C)[C@@H]2C[C@H]3OC(=O)[C@H](O)[C@H]4[C@]5(C(=O)OC)OC[C@]34[C@H]([C@@H](O)[C@@H]5O)[C@@]2(C)CC1=O. The predicted molar refractivity (Wildman–Crippen MR) is 127 cm³/mol. The van der Waals surface area contributed by atoms with E-state index in [1.807, 2.05) is 13.8 Å². The quantitative estimate of drug-likeness (QED) is 0.247. The molecular formula is C27H36O11. The van der Waals surface area contributed by atoms with Crippen LogP contribution in [0.5, 0.6) is 0 Å². The van der Waals surface area contributed by atoms with Crippen LogP contribution < -0.4 is 0 Å². The summed E-state index contributed by atoms with van der Waals surface area (Å²) in [4.78, 5) is 51.8. The highest BCUT2D eigenvalue weighted by molar-refractivity contribution is 5.98. The number of allylic oxidation sites excluding steroid dienone is 2. The van der Waals surface area contributed by atoms with E-state index in [1.165, 1.54) is 0 Å². The largest absolute Gasteiger partial charge is 0.467 e. The minimum Gasteiger partial charge on any atom is -0.467 e. The van der Waals surface area contributed by atoms with Crippen LogP contribution in [0, 0.1) is 28.6 Å². The summed E-state index contributed by atoms with van der Waals surface area (Å²) in [5.41, 5.74) is -3.92. The first kappa shape index (κ1) is 27.2. The van der Waals surface area contributed by atoms with Gasteiger partial charge >= 0.3 is 17.9 Å². The fourth-order valence-electron chi connectivity index (χ4n) is 8.58. The van der Waals surface area contributed by atoms with Crippen molar-refractivity contribution >= 4 is 23.7 Å². The van der Waals surface area contributed by atoms with Crippen molar-refractivity contribution in [1.29, 1.82) is 0 Å². The Hall–Kier alpha value is -2.34. The van der Waals surface area contributed by atoms with E-state index < -0.39 is 82.3 Å². The Morgan fingerprint density at radius 3 is 2.50 bits per heavy atom. The van der Waals surface area contributed by atoms with Gasteiger partial charge in [-0.05, 0) is 36.7 Å². The third-order valence-corrected chi connectivity index (χ3v) is 10.0. The molecule has 0 unspecified atom stereocenters. The third kappa shape index (κ3) is 3.28. The lowest BCUT2D eigenvalue weighted by Gasteiger charge is -2.67. The Morgan fingerprint density at radius 2 is 1.84 bits per heavy atom. The highest BCUT2D eigenvalue weighted by Crippen LogP contribution is 2.72. The summed E-state index contributed by atoms with van der Waals surface area (Å²) in [6, 6.07) is 0. The van der Waals surface area contributed by atoms with Crippen molar-refractivity contribution in [3.63, 3.8) is 0 Å². The normalized spacial score (nSPS) is 45.2. The average Bonchev–Trinajstić information content (AvgIpc) is 3.18. The highest BCUT2D eigenvalue weighted by Gasteiger charge is 2.84. The van der Waals surface area contributed by atoms with Gasteiger partial charge in [0.1, 0.15) is 12.2 Å². The summed E-state index contributed by atoms with van der Waals surface area (Å²) in [5.74, 6) is -5.51. The first-order chi connectivity index (χ1) is 17.9. The molecule has 210 valence electrons. The Bertz CT molecular complexity index is 1100. The van der Waals surface area contributed by atoms with Crippen LogP contribution in [-0.2, 0) is 38.1 Å². The topological polar surface area (TPSA) is 166 Å². The summed E-state index contributed by atoms with van der Waals surface area (Å²) in [7, 11) is 1.10. The number of carbonyl (C=O) groups is 4. The molecule has 5 aliphatic rings. The van der Waals surface area contributed by atoms with Gasteiger partial charge in [-0.1, -0.05) is 26.7 Å². The average molecular weight is 537 g/mol. The van der Waals surface area contributed by atoms with Gasteiger partial charge in [-0.25, -0.2) is 9.59 Å². The number of Topliss-reactive ketones (excluding diaryl/α,β-unsaturated/α-hetero) is 1. The van der Waals surface area contributed by atoms with Gasteiger partial charge in [0.2, 0.25) is 0 Å². The Labute approximate surface area is 220 Å². The third-order valence-electron chi connectivity index (χ3n) is 10.0. The summed E-state index contributed by atoms with van der Waals surface area (Å²) in [5, 5.41) is 34.0. The number of hydrogen-bond acceptors (Lipinski definition) is 11. The fraction of sp³-hybridized carbons (Fsp3) is 0.778. The lowest BCUT2D eigenvalue weighted by atomic mass is 9.38. The number of aliphatic hydroxyl groups excluding tert-OH is 3. The second kappa shape index (κ2) is 9.11. The maximum atomic E-state index is 13.5. The van der Waals surface area contributed by atoms with E-state index >= 15 is 0 Å². The van der Waals surface area contributed by atoms with Gasteiger partial charge in [-0.15, -0.1) is 0 Å². The molecule has 2 heterocycles. The van der Waals surface area contributed by atoms with Crippen LogP contribution >= 0.6 is 0 Å². The molecule has 2 bridgehead atoms. The molecule has 0 radical (unpaired) electrons. The van der Waals surface area contributed by atoms with Crippen molar-refractivity contribution in [1.82, 2.24) is 0 Å². The molecule has 4 fully saturated rings. The van der Waals surface area contributed by atoms with Crippen LogP contribution in [0.1, 0.15) is 59.3 Å². The molecule has 2 aliphatic heterocycles. The molecule has 0 aromatic rings. The lowest BCUT2D eigenvalue weighted by Crippen LogP contribution is -2.79. The minimum atomic E-state index is -2.17. The minimum absolute atomic E-state index is 0.0268. The second-order valence-electron chi connectivity index (χ2n) is 11.8. The number of carbonyl (C=O) groups excluding carboxylic acids is 4. The lowest BCUT2D eigenvalue weighted by molar-refractivity contribution is -0.289. The number of esters is 3. The molecule has 3 N–H and O–H groups in total. The van der Waals surface area contributed by atoms with Crippen LogP contribution in [0.4, 0.5) is 0 Å². The van der Waals surface area contributed by atoms with Crippen LogP contribution in [0.3, 0.4) is 0 Å². The summed E-state index contributed by atoms with van der Waals surface area (Å²) < 4.78 is 22.1. The smallest absolute Gasteiger partial charge is 0.341 e. The van der Waals surface area contributed by atoms with E-state index in [-0.39, 0.29) is 31.6 Å². The highest BCUT2D eigenvalue weighted by atomic mass is 16.6.